The Bertz CT molecular complexity index is 610. The van der Waals surface area contributed by atoms with Gasteiger partial charge in [-0.3, -0.25) is 0 Å². The first-order valence-electron chi connectivity index (χ1n) is 10.3. The summed E-state index contributed by atoms with van der Waals surface area (Å²) in [4.78, 5) is 6.58. The molecule has 166 valence electrons. The van der Waals surface area contributed by atoms with Gasteiger partial charge in [0.15, 0.2) is 5.96 Å². The summed E-state index contributed by atoms with van der Waals surface area (Å²) < 4.78 is 25.5. The summed E-state index contributed by atoms with van der Waals surface area (Å²) >= 11 is 0. The van der Waals surface area contributed by atoms with Crippen LogP contribution in [0.1, 0.15) is 32.8 Å². The van der Waals surface area contributed by atoms with E-state index in [9.17, 15) is 4.39 Å². The first kappa shape index (κ1) is 25.9. The first-order chi connectivity index (χ1) is 13.6. The number of hydrogen-bond donors (Lipinski definition) is 2. The van der Waals surface area contributed by atoms with E-state index in [-0.39, 0.29) is 29.8 Å². The van der Waals surface area contributed by atoms with E-state index in [0.29, 0.717) is 50.5 Å². The molecular formula is C21H36FIN4O2. The van der Waals surface area contributed by atoms with Gasteiger partial charge >= 0.3 is 0 Å². The van der Waals surface area contributed by atoms with Crippen molar-refractivity contribution in [1.82, 2.24) is 10.6 Å². The lowest BCUT2D eigenvalue weighted by atomic mass is 10.1. The number of morpholine rings is 1. The van der Waals surface area contributed by atoms with Crippen LogP contribution in [0.4, 0.5) is 10.1 Å². The van der Waals surface area contributed by atoms with Gasteiger partial charge in [0, 0.05) is 32.8 Å². The Morgan fingerprint density at radius 3 is 2.66 bits per heavy atom. The summed E-state index contributed by atoms with van der Waals surface area (Å²) in [7, 11) is 0. The van der Waals surface area contributed by atoms with E-state index in [1.165, 1.54) is 0 Å². The van der Waals surface area contributed by atoms with Gasteiger partial charge in [0.05, 0.1) is 32.1 Å². The van der Waals surface area contributed by atoms with Crippen molar-refractivity contribution in [2.24, 2.45) is 10.9 Å². The number of ether oxygens (including phenoxy) is 2. The lowest BCUT2D eigenvalue weighted by Gasteiger charge is -2.29. The highest BCUT2D eigenvalue weighted by Crippen LogP contribution is 2.21. The van der Waals surface area contributed by atoms with Crippen LogP contribution in [0.25, 0.3) is 0 Å². The van der Waals surface area contributed by atoms with Crippen LogP contribution in [0, 0.1) is 11.7 Å². The molecule has 0 amide bonds. The molecule has 1 aliphatic rings. The van der Waals surface area contributed by atoms with E-state index >= 15 is 0 Å². The minimum atomic E-state index is -0.203. The van der Waals surface area contributed by atoms with Crippen LogP contribution in [0.2, 0.25) is 0 Å². The molecule has 8 heteroatoms. The molecule has 0 atom stereocenters. The molecule has 2 N–H and O–H groups in total. The lowest BCUT2D eigenvalue weighted by molar-refractivity contribution is 0.122. The number of hydrogen-bond acceptors (Lipinski definition) is 4. The fraction of sp³-hybridized carbons (Fsp3) is 0.667. The maximum atomic E-state index is 14.5. The Labute approximate surface area is 191 Å². The normalized spacial score (nSPS) is 14.7. The number of nitrogens with one attached hydrogen (secondary N) is 2. The van der Waals surface area contributed by atoms with Crippen LogP contribution >= 0.6 is 24.0 Å². The first-order valence-corrected chi connectivity index (χ1v) is 10.3. The highest BCUT2D eigenvalue weighted by Gasteiger charge is 2.15. The summed E-state index contributed by atoms with van der Waals surface area (Å²) in [5.41, 5.74) is 1.49. The molecule has 0 aliphatic carbocycles. The molecule has 1 aromatic carbocycles. The van der Waals surface area contributed by atoms with Crippen molar-refractivity contribution in [2.45, 2.75) is 33.7 Å². The quantitative estimate of drug-likeness (QED) is 0.214. The standard InChI is InChI=1S/C21H35FN4O2.HI/c1-4-23-21(24-8-12-27-11-7-17(2)3)25-16-18-5-6-20(19(22)15-18)26-9-13-28-14-10-26;/h5-6,15,17H,4,7-14,16H2,1-3H3,(H2,23,24,25);1H. The van der Waals surface area contributed by atoms with Gasteiger partial charge in [0.2, 0.25) is 0 Å². The third kappa shape index (κ3) is 9.95. The van der Waals surface area contributed by atoms with Crippen molar-refractivity contribution < 1.29 is 13.9 Å². The highest BCUT2D eigenvalue weighted by molar-refractivity contribution is 14.0. The number of aliphatic imine (C=N–C) groups is 1. The third-order valence-electron chi connectivity index (χ3n) is 4.51. The molecule has 1 aliphatic heterocycles. The second kappa shape index (κ2) is 14.8. The Kier molecular flexibility index (Phi) is 13.2. The van der Waals surface area contributed by atoms with E-state index < -0.39 is 0 Å². The van der Waals surface area contributed by atoms with Gasteiger partial charge in [-0.2, -0.15) is 0 Å². The van der Waals surface area contributed by atoms with Crippen molar-refractivity contribution in [1.29, 1.82) is 0 Å². The Morgan fingerprint density at radius 2 is 2.00 bits per heavy atom. The number of benzene rings is 1. The van der Waals surface area contributed by atoms with Crippen LogP contribution in [0.3, 0.4) is 0 Å². The van der Waals surface area contributed by atoms with E-state index in [2.05, 4.69) is 29.5 Å². The Hall–Kier alpha value is -1.13. The summed E-state index contributed by atoms with van der Waals surface area (Å²) in [6, 6.07) is 5.36. The largest absolute Gasteiger partial charge is 0.380 e. The highest BCUT2D eigenvalue weighted by atomic mass is 127. The molecule has 29 heavy (non-hydrogen) atoms. The van der Waals surface area contributed by atoms with Gasteiger partial charge in [0.1, 0.15) is 5.82 Å². The number of halogens is 2. The fourth-order valence-electron chi connectivity index (χ4n) is 2.88. The topological polar surface area (TPSA) is 58.1 Å². The molecule has 1 saturated heterocycles. The van der Waals surface area contributed by atoms with Crippen molar-refractivity contribution >= 4 is 35.6 Å². The van der Waals surface area contributed by atoms with Crippen LogP contribution in [-0.4, -0.2) is 58.6 Å². The lowest BCUT2D eigenvalue weighted by Crippen LogP contribution is -2.39. The zero-order valence-corrected chi connectivity index (χ0v) is 20.2. The molecule has 2 rings (SSSR count). The van der Waals surface area contributed by atoms with Gasteiger partial charge < -0.3 is 25.0 Å². The fourth-order valence-corrected chi connectivity index (χ4v) is 2.88. The summed E-state index contributed by atoms with van der Waals surface area (Å²) in [6.07, 6.45) is 1.07. The molecular weight excluding hydrogens is 486 g/mol. The van der Waals surface area contributed by atoms with Gasteiger partial charge in [-0.05, 0) is 37.0 Å². The molecule has 0 aromatic heterocycles. The zero-order chi connectivity index (χ0) is 20.2. The van der Waals surface area contributed by atoms with Crippen molar-refractivity contribution in [3.63, 3.8) is 0 Å². The Morgan fingerprint density at radius 1 is 1.24 bits per heavy atom. The summed E-state index contributed by atoms with van der Waals surface area (Å²) in [6.45, 7) is 12.4. The van der Waals surface area contributed by atoms with Gasteiger partial charge in [0.25, 0.3) is 0 Å². The number of nitrogens with zero attached hydrogens (tertiary/aromatic N) is 2. The number of rotatable bonds is 10. The average Bonchev–Trinajstić information content (AvgIpc) is 2.69. The molecule has 6 nitrogen and oxygen atoms in total. The average molecular weight is 522 g/mol. The van der Waals surface area contributed by atoms with Crippen molar-refractivity contribution in [3.8, 4) is 0 Å². The van der Waals surface area contributed by atoms with Crippen LogP contribution in [0.15, 0.2) is 23.2 Å². The molecule has 1 aromatic rings. The molecule has 0 spiro atoms. The predicted molar refractivity (Wildman–Crippen MR) is 128 cm³/mol. The number of guanidine groups is 1. The van der Waals surface area contributed by atoms with Crippen molar-refractivity contribution in [2.75, 3.05) is 57.5 Å². The van der Waals surface area contributed by atoms with E-state index in [4.69, 9.17) is 9.47 Å². The maximum absolute atomic E-state index is 14.5. The maximum Gasteiger partial charge on any atom is 0.191 e. The van der Waals surface area contributed by atoms with E-state index in [1.807, 2.05) is 24.0 Å². The molecule has 0 radical (unpaired) electrons. The summed E-state index contributed by atoms with van der Waals surface area (Å²) in [5.74, 6) is 1.17. The third-order valence-corrected chi connectivity index (χ3v) is 4.51. The second-order valence-electron chi connectivity index (χ2n) is 7.30. The molecule has 1 heterocycles. The summed E-state index contributed by atoms with van der Waals surface area (Å²) in [5, 5.41) is 6.46. The number of anilines is 1. The Balaban J connectivity index is 0.00000420. The monoisotopic (exact) mass is 522 g/mol. The predicted octanol–water partition coefficient (Wildman–Crippen LogP) is 3.40. The molecule has 0 saturated carbocycles. The van der Waals surface area contributed by atoms with Crippen LogP contribution in [-0.2, 0) is 16.0 Å². The zero-order valence-electron chi connectivity index (χ0n) is 17.9. The van der Waals surface area contributed by atoms with Gasteiger partial charge in [-0.25, -0.2) is 9.38 Å². The van der Waals surface area contributed by atoms with E-state index in [1.54, 1.807) is 6.07 Å². The molecule has 1 fully saturated rings. The minimum Gasteiger partial charge on any atom is -0.380 e. The van der Waals surface area contributed by atoms with Crippen LogP contribution < -0.4 is 15.5 Å². The molecule has 0 unspecified atom stereocenters. The van der Waals surface area contributed by atoms with Crippen molar-refractivity contribution in [3.05, 3.63) is 29.6 Å². The van der Waals surface area contributed by atoms with E-state index in [0.717, 1.165) is 38.2 Å². The second-order valence-corrected chi connectivity index (χ2v) is 7.30. The smallest absolute Gasteiger partial charge is 0.191 e. The van der Waals surface area contributed by atoms with Gasteiger partial charge in [-0.15, -0.1) is 24.0 Å². The van der Waals surface area contributed by atoms with Crippen LogP contribution in [0.5, 0.6) is 0 Å². The van der Waals surface area contributed by atoms with Gasteiger partial charge in [-0.1, -0.05) is 19.9 Å². The minimum absolute atomic E-state index is 0. The SMILES string of the molecule is CCNC(=NCc1ccc(N2CCOCC2)c(F)c1)NCCOCCC(C)C.I. The molecule has 0 bridgehead atoms.